The first kappa shape index (κ1) is 38.0. The first-order valence-corrected chi connectivity index (χ1v) is 19.1. The number of nitriles is 1. The largest absolute Gasteiger partial charge is 0.480 e. The number of benzene rings is 2. The first-order chi connectivity index (χ1) is 26.8. The molecule has 1 atom stereocenters. The fraction of sp³-hybridized carbons (Fsp3) is 0.250. The highest BCUT2D eigenvalue weighted by Gasteiger charge is 2.22. The van der Waals surface area contributed by atoms with Gasteiger partial charge in [0.25, 0.3) is 0 Å². The number of aromatic nitrogens is 3. The lowest BCUT2D eigenvalue weighted by Gasteiger charge is -2.17. The molecule has 3 aromatic heterocycles. The van der Waals surface area contributed by atoms with Crippen LogP contribution in [0.5, 0.6) is 17.6 Å². The Hall–Kier alpha value is -5.26. The molecule has 3 N–H and O–H groups in total. The summed E-state index contributed by atoms with van der Waals surface area (Å²) >= 11 is 17.8. The normalized spacial score (nSPS) is 14.9. The maximum absolute atomic E-state index is 11.7. The van der Waals surface area contributed by atoms with Crippen molar-refractivity contribution in [3.63, 3.8) is 0 Å². The molecule has 1 amide bonds. The molecule has 2 aliphatic heterocycles. The van der Waals surface area contributed by atoms with Crippen LogP contribution in [0.15, 0.2) is 82.5 Å². The van der Waals surface area contributed by atoms with Gasteiger partial charge in [-0.2, -0.15) is 10.2 Å². The minimum absolute atomic E-state index is 0.0602. The fourth-order valence-corrected chi connectivity index (χ4v) is 7.41. The molecule has 2 aromatic carbocycles. The lowest BCUT2D eigenvalue weighted by atomic mass is 9.99. The van der Waals surface area contributed by atoms with Gasteiger partial charge in [0.05, 0.1) is 45.0 Å². The number of amidine groups is 1. The van der Waals surface area contributed by atoms with Crippen LogP contribution >= 0.6 is 39.1 Å². The molecule has 1 fully saturated rings. The summed E-state index contributed by atoms with van der Waals surface area (Å²) in [6.45, 7) is 2.73. The van der Waals surface area contributed by atoms with Crippen LogP contribution in [-0.4, -0.2) is 59.5 Å². The van der Waals surface area contributed by atoms with E-state index in [1.165, 1.54) is 6.20 Å². The second-order valence-corrected chi connectivity index (χ2v) is 14.4. The molecule has 0 saturated carbocycles. The van der Waals surface area contributed by atoms with E-state index >= 15 is 0 Å². The van der Waals surface area contributed by atoms with Crippen molar-refractivity contribution >= 4 is 50.9 Å². The SMILES string of the molecule is COc1nc(-c2cccc(-c3cccc(COc4nc(OCc5cncc(C#N)c5)c(CNCC5CCC(=O)N5)cc4Br)c3Cl)c2Cl)ccc1C1=NCCN1. The van der Waals surface area contributed by atoms with Crippen molar-refractivity contribution in [2.75, 3.05) is 26.7 Å². The Labute approximate surface area is 336 Å². The third-order valence-electron chi connectivity index (χ3n) is 9.06. The second kappa shape index (κ2) is 17.5. The van der Waals surface area contributed by atoms with Gasteiger partial charge >= 0.3 is 0 Å². The van der Waals surface area contributed by atoms with Crippen molar-refractivity contribution in [2.24, 2.45) is 4.99 Å². The molecular weight excluding hydrogens is 807 g/mol. The number of halogens is 3. The minimum Gasteiger partial charge on any atom is -0.480 e. The van der Waals surface area contributed by atoms with Crippen LogP contribution in [-0.2, 0) is 24.6 Å². The third kappa shape index (κ3) is 8.84. The average molecular weight is 843 g/mol. The number of carbonyl (C=O) groups excluding carboxylic acids is 1. The summed E-state index contributed by atoms with van der Waals surface area (Å²) in [5.41, 5.74) is 6.26. The zero-order valence-corrected chi connectivity index (χ0v) is 32.8. The second-order valence-electron chi connectivity index (χ2n) is 12.8. The number of aliphatic imine (C=N–C) groups is 1. The Morgan fingerprint density at radius 1 is 0.927 bits per heavy atom. The molecule has 1 unspecified atom stereocenters. The molecule has 280 valence electrons. The Morgan fingerprint density at radius 2 is 1.73 bits per heavy atom. The van der Waals surface area contributed by atoms with E-state index in [9.17, 15) is 10.1 Å². The van der Waals surface area contributed by atoms with E-state index in [1.54, 1.807) is 19.4 Å². The molecule has 0 bridgehead atoms. The Kier molecular flexibility index (Phi) is 12.1. The van der Waals surface area contributed by atoms with Crippen LogP contribution in [0.25, 0.3) is 22.4 Å². The lowest BCUT2D eigenvalue weighted by Crippen LogP contribution is -2.35. The predicted molar refractivity (Wildman–Crippen MR) is 214 cm³/mol. The van der Waals surface area contributed by atoms with Gasteiger partial charge in [0, 0.05) is 77.9 Å². The maximum atomic E-state index is 11.7. The molecule has 15 heteroatoms. The Balaban J connectivity index is 1.11. The van der Waals surface area contributed by atoms with Crippen LogP contribution in [0, 0.1) is 11.3 Å². The van der Waals surface area contributed by atoms with Gasteiger partial charge in [0.2, 0.25) is 23.5 Å². The van der Waals surface area contributed by atoms with Gasteiger partial charge in [0.15, 0.2) is 0 Å². The summed E-state index contributed by atoms with van der Waals surface area (Å²) in [4.78, 5) is 29.8. The number of hydrogen-bond donors (Lipinski definition) is 3. The smallest absolute Gasteiger partial charge is 0.231 e. The summed E-state index contributed by atoms with van der Waals surface area (Å²) in [5, 5.41) is 19.9. The summed E-state index contributed by atoms with van der Waals surface area (Å²) < 4.78 is 18.7. The van der Waals surface area contributed by atoms with Crippen molar-refractivity contribution in [3.8, 4) is 46.1 Å². The van der Waals surface area contributed by atoms with E-state index < -0.39 is 0 Å². The van der Waals surface area contributed by atoms with Gasteiger partial charge in [-0.1, -0.05) is 59.6 Å². The molecule has 5 aromatic rings. The van der Waals surface area contributed by atoms with E-state index in [0.29, 0.717) is 75.0 Å². The number of nitrogens with one attached hydrogen (secondary N) is 3. The molecular formula is C40H35BrCl2N8O4. The van der Waals surface area contributed by atoms with E-state index in [4.69, 9.17) is 47.4 Å². The minimum atomic E-state index is 0.0602. The predicted octanol–water partition coefficient (Wildman–Crippen LogP) is 7.03. The molecule has 12 nitrogen and oxygen atoms in total. The highest BCUT2D eigenvalue weighted by atomic mass is 79.9. The van der Waals surface area contributed by atoms with Gasteiger partial charge in [0.1, 0.15) is 25.1 Å². The molecule has 2 aliphatic rings. The number of ether oxygens (including phenoxy) is 3. The topological polar surface area (TPSA) is 156 Å². The number of nitrogens with zero attached hydrogens (tertiary/aromatic N) is 5. The van der Waals surface area contributed by atoms with E-state index in [2.05, 4.69) is 47.9 Å². The highest BCUT2D eigenvalue weighted by molar-refractivity contribution is 9.10. The summed E-state index contributed by atoms with van der Waals surface area (Å²) in [6.07, 6.45) is 4.44. The van der Waals surface area contributed by atoms with Crippen LogP contribution in [0.3, 0.4) is 0 Å². The fourth-order valence-electron chi connectivity index (χ4n) is 6.33. The summed E-state index contributed by atoms with van der Waals surface area (Å²) in [6, 6.07) is 21.0. The van der Waals surface area contributed by atoms with Crippen molar-refractivity contribution in [1.82, 2.24) is 30.9 Å². The summed E-state index contributed by atoms with van der Waals surface area (Å²) in [7, 11) is 1.58. The molecule has 55 heavy (non-hydrogen) atoms. The molecule has 0 aliphatic carbocycles. The van der Waals surface area contributed by atoms with Crippen molar-refractivity contribution < 1.29 is 19.0 Å². The van der Waals surface area contributed by atoms with Crippen LogP contribution in [0.4, 0.5) is 0 Å². The molecule has 0 spiro atoms. The number of amides is 1. The maximum Gasteiger partial charge on any atom is 0.231 e. The molecule has 1 saturated heterocycles. The van der Waals surface area contributed by atoms with Gasteiger partial charge in [-0.15, -0.1) is 0 Å². The number of rotatable bonds is 14. The summed E-state index contributed by atoms with van der Waals surface area (Å²) in [5.74, 6) is 1.91. The van der Waals surface area contributed by atoms with Gasteiger partial charge < -0.3 is 30.2 Å². The zero-order valence-electron chi connectivity index (χ0n) is 29.7. The van der Waals surface area contributed by atoms with Gasteiger partial charge in [-0.05, 0) is 46.6 Å². The molecule has 7 rings (SSSR count). The van der Waals surface area contributed by atoms with E-state index in [1.807, 2.05) is 54.6 Å². The van der Waals surface area contributed by atoms with Crippen molar-refractivity contribution in [1.29, 1.82) is 5.26 Å². The van der Waals surface area contributed by atoms with Crippen LogP contribution < -0.4 is 30.2 Å². The highest BCUT2D eigenvalue weighted by Crippen LogP contribution is 2.41. The number of pyridine rings is 3. The van der Waals surface area contributed by atoms with Gasteiger partial charge in [-0.25, -0.2) is 4.98 Å². The number of methoxy groups -OCH3 is 1. The third-order valence-corrected chi connectivity index (χ3v) is 10.5. The average Bonchev–Trinajstić information content (AvgIpc) is 3.90. The Bertz CT molecular complexity index is 2320. The van der Waals surface area contributed by atoms with Crippen LogP contribution in [0.2, 0.25) is 10.0 Å². The quantitative estimate of drug-likeness (QED) is 0.106. The molecule has 0 radical (unpaired) electrons. The zero-order chi connectivity index (χ0) is 38.3. The van der Waals surface area contributed by atoms with Crippen molar-refractivity contribution in [3.05, 3.63) is 115 Å². The van der Waals surface area contributed by atoms with E-state index in [-0.39, 0.29) is 25.2 Å². The standard InChI is InChI=1S/C40H35BrCl2N8O4/c1-53-39-31(37-47-12-13-48-37)9-10-33(50-39)30-7-3-6-29(36(30)43)28-5-2-4-25(35(28)42)22-55-40-32(41)15-26(19-46-20-27-8-11-34(52)49-27)38(51-40)54-21-24-14-23(16-44)17-45-18-24/h2-7,9-10,14-15,17-18,27,46H,8,11-13,19-22H2,1H3,(H,47,48)(H,49,52). The lowest BCUT2D eigenvalue weighted by molar-refractivity contribution is -0.119. The molecule has 5 heterocycles. The monoisotopic (exact) mass is 840 g/mol. The Morgan fingerprint density at radius 3 is 2.49 bits per heavy atom. The number of carbonyl (C=O) groups is 1. The first-order valence-electron chi connectivity index (χ1n) is 17.5. The van der Waals surface area contributed by atoms with Crippen LogP contribution in [0.1, 0.15) is 40.7 Å². The number of hydrogen-bond acceptors (Lipinski definition) is 11. The van der Waals surface area contributed by atoms with E-state index in [0.717, 1.165) is 52.2 Å². The van der Waals surface area contributed by atoms with Crippen molar-refractivity contribution in [2.45, 2.75) is 38.6 Å². The van der Waals surface area contributed by atoms with Gasteiger partial charge in [-0.3, -0.25) is 14.8 Å².